The monoisotopic (exact) mass is 264 g/mol. The summed E-state index contributed by atoms with van der Waals surface area (Å²) >= 11 is 6.44. The molecule has 1 aliphatic heterocycles. The molecule has 2 nitrogen and oxygen atoms in total. The Balaban J connectivity index is 2.04. The maximum absolute atomic E-state index is 6.44. The van der Waals surface area contributed by atoms with Gasteiger partial charge in [0.05, 0.1) is 21.9 Å². The molecule has 1 heterocycles. The highest BCUT2D eigenvalue weighted by Gasteiger charge is 2.41. The van der Waals surface area contributed by atoms with E-state index in [0.29, 0.717) is 5.54 Å². The van der Waals surface area contributed by atoms with Crippen LogP contribution in [0.4, 0.5) is 11.4 Å². The molecule has 0 atom stereocenters. The number of anilines is 2. The van der Waals surface area contributed by atoms with Gasteiger partial charge in [0, 0.05) is 13.1 Å². The van der Waals surface area contributed by atoms with E-state index in [2.05, 4.69) is 23.2 Å². The van der Waals surface area contributed by atoms with Crippen LogP contribution in [0.1, 0.15) is 39.0 Å². The normalized spacial score (nSPS) is 21.6. The number of hydrogen-bond donors (Lipinski definition) is 1. The van der Waals surface area contributed by atoms with E-state index in [1.54, 1.807) is 0 Å². The van der Waals surface area contributed by atoms with Gasteiger partial charge in [-0.3, -0.25) is 0 Å². The lowest BCUT2D eigenvalue weighted by Gasteiger charge is -2.51. The van der Waals surface area contributed by atoms with Crippen LogP contribution in [0, 0.1) is 0 Å². The molecule has 98 valence electrons. The molecular weight excluding hydrogens is 244 g/mol. The van der Waals surface area contributed by atoms with E-state index < -0.39 is 0 Å². The molecule has 3 rings (SSSR count). The van der Waals surface area contributed by atoms with Crippen LogP contribution in [-0.2, 0) is 0 Å². The lowest BCUT2D eigenvalue weighted by molar-refractivity contribution is 0.285. The summed E-state index contributed by atoms with van der Waals surface area (Å²) in [6.07, 6.45) is 6.65. The van der Waals surface area contributed by atoms with Gasteiger partial charge in [0.2, 0.25) is 0 Å². The highest BCUT2D eigenvalue weighted by Crippen LogP contribution is 2.46. The molecule has 0 unspecified atom stereocenters. The molecule has 0 aromatic heterocycles. The summed E-state index contributed by atoms with van der Waals surface area (Å²) in [4.78, 5) is 2.56. The van der Waals surface area contributed by atoms with Crippen molar-refractivity contribution in [2.45, 2.75) is 44.6 Å². The van der Waals surface area contributed by atoms with Gasteiger partial charge in [-0.25, -0.2) is 0 Å². The molecule has 0 amide bonds. The van der Waals surface area contributed by atoms with Gasteiger partial charge in [-0.2, -0.15) is 0 Å². The maximum Gasteiger partial charge on any atom is 0.0796 e. The number of hydrogen-bond acceptors (Lipinski definition) is 2. The SMILES string of the molecule is CCN1c2c(Cl)cccc2NCC12CCCCC2. The predicted molar refractivity (Wildman–Crippen MR) is 78.8 cm³/mol. The molecule has 1 aromatic rings. The van der Waals surface area contributed by atoms with E-state index in [-0.39, 0.29) is 0 Å². The van der Waals surface area contributed by atoms with Gasteiger partial charge >= 0.3 is 0 Å². The Hall–Kier alpha value is -0.890. The van der Waals surface area contributed by atoms with Crippen molar-refractivity contribution in [3.8, 4) is 0 Å². The number of benzene rings is 1. The average molecular weight is 265 g/mol. The molecule has 1 N–H and O–H groups in total. The number of fused-ring (bicyclic) bond motifs is 1. The van der Waals surface area contributed by atoms with Crippen LogP contribution in [-0.4, -0.2) is 18.6 Å². The van der Waals surface area contributed by atoms with Gasteiger partial charge in [-0.05, 0) is 31.9 Å². The number of nitrogens with one attached hydrogen (secondary N) is 1. The first-order chi connectivity index (χ1) is 8.77. The second-order valence-corrected chi connectivity index (χ2v) is 5.93. The first kappa shape index (κ1) is 12.2. The second kappa shape index (κ2) is 4.65. The fraction of sp³-hybridized carbons (Fsp3) is 0.600. The lowest BCUT2D eigenvalue weighted by atomic mass is 9.78. The van der Waals surface area contributed by atoms with Crippen LogP contribution < -0.4 is 10.2 Å². The molecule has 1 saturated carbocycles. The fourth-order valence-corrected chi connectivity index (χ4v) is 3.95. The van der Waals surface area contributed by atoms with Crippen molar-refractivity contribution in [3.63, 3.8) is 0 Å². The van der Waals surface area contributed by atoms with Crippen molar-refractivity contribution in [2.24, 2.45) is 0 Å². The van der Waals surface area contributed by atoms with Crippen molar-refractivity contribution >= 4 is 23.0 Å². The summed E-state index contributed by atoms with van der Waals surface area (Å²) in [5.74, 6) is 0. The minimum Gasteiger partial charge on any atom is -0.381 e. The zero-order valence-corrected chi connectivity index (χ0v) is 11.8. The molecule has 18 heavy (non-hydrogen) atoms. The van der Waals surface area contributed by atoms with Crippen molar-refractivity contribution in [2.75, 3.05) is 23.3 Å². The predicted octanol–water partition coefficient (Wildman–Crippen LogP) is 4.29. The minimum atomic E-state index is 0.297. The van der Waals surface area contributed by atoms with Crippen LogP contribution in [0.2, 0.25) is 5.02 Å². The Labute approximate surface area is 114 Å². The molecule has 1 fully saturated rings. The van der Waals surface area contributed by atoms with Crippen LogP contribution in [0.3, 0.4) is 0 Å². The summed E-state index contributed by atoms with van der Waals surface area (Å²) in [5, 5.41) is 4.48. The first-order valence-electron chi connectivity index (χ1n) is 7.07. The molecule has 1 spiro atoms. The Bertz CT molecular complexity index is 438. The average Bonchev–Trinajstić information content (AvgIpc) is 2.41. The third kappa shape index (κ3) is 1.78. The molecule has 0 radical (unpaired) electrons. The van der Waals surface area contributed by atoms with Gasteiger partial charge in [-0.15, -0.1) is 0 Å². The van der Waals surface area contributed by atoms with E-state index in [0.717, 1.165) is 18.1 Å². The maximum atomic E-state index is 6.44. The Morgan fingerprint density at radius 3 is 2.78 bits per heavy atom. The van der Waals surface area contributed by atoms with Crippen molar-refractivity contribution < 1.29 is 0 Å². The molecule has 0 saturated heterocycles. The van der Waals surface area contributed by atoms with Crippen LogP contribution >= 0.6 is 11.6 Å². The molecule has 1 aliphatic carbocycles. The zero-order chi connectivity index (χ0) is 12.6. The van der Waals surface area contributed by atoms with Crippen molar-refractivity contribution in [3.05, 3.63) is 23.2 Å². The topological polar surface area (TPSA) is 15.3 Å². The Morgan fingerprint density at radius 2 is 2.06 bits per heavy atom. The highest BCUT2D eigenvalue weighted by molar-refractivity contribution is 6.34. The van der Waals surface area contributed by atoms with Gasteiger partial charge < -0.3 is 10.2 Å². The summed E-state index contributed by atoms with van der Waals surface area (Å²) in [7, 11) is 0. The lowest BCUT2D eigenvalue weighted by Crippen LogP contribution is -2.57. The van der Waals surface area contributed by atoms with Crippen molar-refractivity contribution in [1.82, 2.24) is 0 Å². The Kier molecular flexibility index (Phi) is 3.14. The van der Waals surface area contributed by atoms with Crippen LogP contribution in [0.15, 0.2) is 18.2 Å². The number of nitrogens with zero attached hydrogens (tertiary/aromatic N) is 1. The van der Waals surface area contributed by atoms with E-state index in [1.807, 2.05) is 12.1 Å². The largest absolute Gasteiger partial charge is 0.381 e. The van der Waals surface area contributed by atoms with Gasteiger partial charge in [0.15, 0.2) is 0 Å². The summed E-state index contributed by atoms with van der Waals surface area (Å²) in [6, 6.07) is 6.17. The summed E-state index contributed by atoms with van der Waals surface area (Å²) < 4.78 is 0. The molecule has 1 aromatic carbocycles. The van der Waals surface area contributed by atoms with E-state index in [4.69, 9.17) is 11.6 Å². The Morgan fingerprint density at radius 1 is 1.28 bits per heavy atom. The summed E-state index contributed by atoms with van der Waals surface area (Å²) in [6.45, 7) is 4.35. The number of rotatable bonds is 1. The molecule has 3 heteroatoms. The standard InChI is InChI=1S/C15H21ClN2/c1-2-18-14-12(16)7-6-8-13(14)17-11-15(18)9-4-3-5-10-15/h6-8,17H,2-5,9-11H2,1H3. The third-order valence-corrected chi connectivity index (χ3v) is 4.84. The van der Waals surface area contributed by atoms with Crippen LogP contribution in [0.5, 0.6) is 0 Å². The second-order valence-electron chi connectivity index (χ2n) is 5.52. The van der Waals surface area contributed by atoms with Gasteiger partial charge in [0.1, 0.15) is 0 Å². The summed E-state index contributed by atoms with van der Waals surface area (Å²) in [5.41, 5.74) is 2.71. The fourth-order valence-electron chi connectivity index (χ4n) is 3.67. The number of likely N-dealkylation sites (N-methyl/N-ethyl adjacent to an activating group) is 1. The molecular formula is C15H21ClN2. The first-order valence-corrected chi connectivity index (χ1v) is 7.45. The smallest absolute Gasteiger partial charge is 0.0796 e. The van der Waals surface area contributed by atoms with E-state index in [1.165, 1.54) is 43.5 Å². The van der Waals surface area contributed by atoms with Crippen molar-refractivity contribution in [1.29, 1.82) is 0 Å². The van der Waals surface area contributed by atoms with Crippen LogP contribution in [0.25, 0.3) is 0 Å². The van der Waals surface area contributed by atoms with E-state index >= 15 is 0 Å². The molecule has 2 aliphatic rings. The molecule has 0 bridgehead atoms. The zero-order valence-electron chi connectivity index (χ0n) is 11.0. The minimum absolute atomic E-state index is 0.297. The highest BCUT2D eigenvalue weighted by atomic mass is 35.5. The van der Waals surface area contributed by atoms with Gasteiger partial charge in [-0.1, -0.05) is 36.9 Å². The number of para-hydroxylation sites is 1. The number of halogens is 1. The van der Waals surface area contributed by atoms with Gasteiger partial charge in [0.25, 0.3) is 0 Å². The van der Waals surface area contributed by atoms with E-state index in [9.17, 15) is 0 Å². The quantitative estimate of drug-likeness (QED) is 0.814. The third-order valence-electron chi connectivity index (χ3n) is 4.54.